The third kappa shape index (κ3) is 2.37. The third-order valence-electron chi connectivity index (χ3n) is 1.35. The molecule has 66 valence electrons. The minimum atomic E-state index is -4.18. The Morgan fingerprint density at radius 2 is 2.17 bits per heavy atom. The average molecular weight is 205 g/mol. The zero-order chi connectivity index (χ0) is 9.19. The molecule has 0 fully saturated rings. The minimum absolute atomic E-state index is 0.547. The van der Waals surface area contributed by atoms with Crippen molar-refractivity contribution in [3.05, 3.63) is 29.3 Å². The lowest BCUT2D eigenvalue weighted by molar-refractivity contribution is 0.360. The van der Waals surface area contributed by atoms with E-state index in [1.165, 1.54) is 0 Å². The first-order valence-corrected chi connectivity index (χ1v) is 5.88. The van der Waals surface area contributed by atoms with E-state index in [9.17, 15) is 4.57 Å². The fourth-order valence-electron chi connectivity index (χ4n) is 0.723. The standard InChI is InChI=1S/C6H9NO3P2/c7-6(12(8,9)10)5-3-1-2-4-11-5/h1-4,6H,7H2,(H2,8,9,10). The van der Waals surface area contributed by atoms with Gasteiger partial charge < -0.3 is 15.5 Å². The second-order valence-electron chi connectivity index (χ2n) is 2.29. The molecule has 1 atom stereocenters. The Bertz CT molecular complexity index is 297. The van der Waals surface area contributed by atoms with Crippen LogP contribution in [-0.4, -0.2) is 9.79 Å². The summed E-state index contributed by atoms with van der Waals surface area (Å²) in [6, 6.07) is 5.14. The molecule has 0 aliphatic carbocycles. The molecular formula is C6H9NO3P2. The molecule has 0 amide bonds. The van der Waals surface area contributed by atoms with Crippen molar-refractivity contribution in [3.63, 3.8) is 0 Å². The maximum absolute atomic E-state index is 10.7. The molecule has 1 rings (SSSR count). The van der Waals surface area contributed by atoms with Gasteiger partial charge in [0.25, 0.3) is 0 Å². The van der Waals surface area contributed by atoms with Crippen molar-refractivity contribution in [1.82, 2.24) is 0 Å². The molecule has 12 heavy (non-hydrogen) atoms. The van der Waals surface area contributed by atoms with Gasteiger partial charge in [0.2, 0.25) is 0 Å². The lowest BCUT2D eigenvalue weighted by Crippen LogP contribution is -2.08. The van der Waals surface area contributed by atoms with Crippen molar-refractivity contribution < 1.29 is 14.4 Å². The van der Waals surface area contributed by atoms with Crippen LogP contribution in [0.3, 0.4) is 0 Å². The van der Waals surface area contributed by atoms with Gasteiger partial charge in [0.15, 0.2) is 0 Å². The first-order valence-electron chi connectivity index (χ1n) is 3.23. The Hall–Kier alpha value is -0.240. The van der Waals surface area contributed by atoms with Crippen molar-refractivity contribution >= 4 is 15.8 Å². The predicted octanol–water partition coefficient (Wildman–Crippen LogP) is 1.40. The normalized spacial score (nSPS) is 14.9. The van der Waals surface area contributed by atoms with Crippen LogP contribution in [-0.2, 0) is 4.57 Å². The van der Waals surface area contributed by atoms with Crippen molar-refractivity contribution in [2.24, 2.45) is 5.73 Å². The van der Waals surface area contributed by atoms with E-state index in [1.54, 1.807) is 24.0 Å². The summed E-state index contributed by atoms with van der Waals surface area (Å²) in [6.45, 7) is 0. The van der Waals surface area contributed by atoms with E-state index in [1.807, 2.05) is 0 Å². The monoisotopic (exact) mass is 205 g/mol. The second kappa shape index (κ2) is 3.65. The summed E-state index contributed by atoms with van der Waals surface area (Å²) in [5.74, 6) is 0.616. The van der Waals surface area contributed by atoms with Gasteiger partial charge in [-0.05, 0) is 5.80 Å². The molecule has 0 spiro atoms. The second-order valence-corrected chi connectivity index (χ2v) is 5.10. The summed E-state index contributed by atoms with van der Waals surface area (Å²) in [4.78, 5) is 17.5. The average Bonchev–Trinajstić information content (AvgIpc) is 2.03. The number of hydrogen-bond donors (Lipinski definition) is 3. The molecule has 1 heterocycles. The summed E-state index contributed by atoms with van der Waals surface area (Å²) in [5, 5.41) is 0.547. The zero-order valence-electron chi connectivity index (χ0n) is 6.16. The van der Waals surface area contributed by atoms with Gasteiger partial charge in [0, 0.05) is 5.30 Å². The van der Waals surface area contributed by atoms with E-state index in [0.717, 1.165) is 8.19 Å². The minimum Gasteiger partial charge on any atom is -0.323 e. The van der Waals surface area contributed by atoms with E-state index >= 15 is 0 Å². The molecule has 1 unspecified atom stereocenters. The SMILES string of the molecule is NC(c1ccccp1)P(=O)(O)O. The van der Waals surface area contributed by atoms with E-state index in [0.29, 0.717) is 5.30 Å². The highest BCUT2D eigenvalue weighted by Crippen LogP contribution is 2.49. The molecule has 0 saturated heterocycles. The van der Waals surface area contributed by atoms with Crippen molar-refractivity contribution in [2.45, 2.75) is 5.78 Å². The molecule has 4 N–H and O–H groups in total. The predicted molar refractivity (Wildman–Crippen MR) is 47.9 cm³/mol. The summed E-state index contributed by atoms with van der Waals surface area (Å²) < 4.78 is 10.7. The Morgan fingerprint density at radius 3 is 2.58 bits per heavy atom. The van der Waals surface area contributed by atoms with Crippen LogP contribution >= 0.6 is 15.8 Å². The van der Waals surface area contributed by atoms with Crippen molar-refractivity contribution in [3.8, 4) is 0 Å². The fraction of sp³-hybridized carbons (Fsp3) is 0.167. The van der Waals surface area contributed by atoms with Gasteiger partial charge >= 0.3 is 7.60 Å². The number of hydrogen-bond acceptors (Lipinski definition) is 2. The van der Waals surface area contributed by atoms with E-state index in [4.69, 9.17) is 15.5 Å². The summed E-state index contributed by atoms with van der Waals surface area (Å²) in [7, 11) is -3.42. The van der Waals surface area contributed by atoms with Crippen LogP contribution in [0.25, 0.3) is 0 Å². The van der Waals surface area contributed by atoms with Crippen LogP contribution < -0.4 is 5.73 Å². The van der Waals surface area contributed by atoms with Gasteiger partial charge in [-0.25, -0.2) is 0 Å². The van der Waals surface area contributed by atoms with Gasteiger partial charge in [0.1, 0.15) is 5.78 Å². The smallest absolute Gasteiger partial charge is 0.323 e. The van der Waals surface area contributed by atoms with Crippen molar-refractivity contribution in [1.29, 1.82) is 0 Å². The molecular weight excluding hydrogens is 196 g/mol. The molecule has 0 bridgehead atoms. The lowest BCUT2D eigenvalue weighted by Gasteiger charge is -2.12. The molecule has 0 saturated carbocycles. The van der Waals surface area contributed by atoms with Gasteiger partial charge in [-0.3, -0.25) is 4.57 Å². The maximum atomic E-state index is 10.7. The van der Waals surface area contributed by atoms with Crippen LogP contribution in [0.1, 0.15) is 11.1 Å². The maximum Gasteiger partial charge on any atom is 0.346 e. The van der Waals surface area contributed by atoms with E-state index < -0.39 is 13.4 Å². The first-order chi connectivity index (χ1) is 5.52. The third-order valence-corrected chi connectivity index (χ3v) is 3.61. The summed E-state index contributed by atoms with van der Waals surface area (Å²) >= 11 is 0. The first kappa shape index (κ1) is 9.85. The van der Waals surface area contributed by atoms with Crippen LogP contribution in [0.5, 0.6) is 0 Å². The number of nitrogens with two attached hydrogens (primary N) is 1. The van der Waals surface area contributed by atoms with Gasteiger partial charge in [-0.2, -0.15) is 0 Å². The molecule has 0 aromatic carbocycles. The molecule has 1 aromatic heterocycles. The molecule has 4 nitrogen and oxygen atoms in total. The number of rotatable bonds is 2. The Morgan fingerprint density at radius 1 is 1.50 bits per heavy atom. The van der Waals surface area contributed by atoms with Gasteiger partial charge in [0.05, 0.1) is 0 Å². The van der Waals surface area contributed by atoms with Crippen LogP contribution in [0, 0.1) is 0 Å². The van der Waals surface area contributed by atoms with Crippen molar-refractivity contribution in [2.75, 3.05) is 0 Å². The highest BCUT2D eigenvalue weighted by molar-refractivity contribution is 7.52. The van der Waals surface area contributed by atoms with E-state index in [2.05, 4.69) is 0 Å². The van der Waals surface area contributed by atoms with Crippen LogP contribution in [0.2, 0.25) is 0 Å². The Balaban J connectivity index is 2.94. The highest BCUT2D eigenvalue weighted by Gasteiger charge is 2.26. The van der Waals surface area contributed by atoms with E-state index in [-0.39, 0.29) is 0 Å². The molecule has 0 aliphatic rings. The van der Waals surface area contributed by atoms with Gasteiger partial charge in [-0.1, -0.05) is 26.4 Å². The molecule has 0 radical (unpaired) electrons. The van der Waals surface area contributed by atoms with Crippen LogP contribution in [0.15, 0.2) is 24.0 Å². The highest BCUT2D eigenvalue weighted by atomic mass is 31.2. The lowest BCUT2D eigenvalue weighted by atomic mass is 10.4. The van der Waals surface area contributed by atoms with Crippen LogP contribution in [0.4, 0.5) is 0 Å². The summed E-state index contributed by atoms with van der Waals surface area (Å²) in [6.07, 6.45) is 0. The quantitative estimate of drug-likeness (QED) is 0.637. The molecule has 0 aliphatic heterocycles. The Labute approximate surface area is 71.7 Å². The topological polar surface area (TPSA) is 83.6 Å². The largest absolute Gasteiger partial charge is 0.346 e. The Kier molecular flexibility index (Phi) is 2.99. The van der Waals surface area contributed by atoms with Gasteiger partial charge in [-0.15, -0.1) is 0 Å². The summed E-state index contributed by atoms with van der Waals surface area (Å²) in [5.41, 5.74) is 5.33. The fourth-order valence-corrected chi connectivity index (χ4v) is 2.49. The molecule has 1 aromatic rings. The molecule has 6 heteroatoms. The zero-order valence-corrected chi connectivity index (χ0v) is 7.95.